The number of imide groups is 1. The van der Waals surface area contributed by atoms with Crippen molar-refractivity contribution in [2.45, 2.75) is 6.54 Å². The minimum absolute atomic E-state index is 0.0657. The fourth-order valence-corrected chi connectivity index (χ4v) is 1.42. The third kappa shape index (κ3) is 2.12. The zero-order valence-corrected chi connectivity index (χ0v) is 7.87. The van der Waals surface area contributed by atoms with E-state index in [0.29, 0.717) is 6.54 Å². The molecule has 5 heteroatoms. The van der Waals surface area contributed by atoms with Gasteiger partial charge in [-0.3, -0.25) is 10.1 Å². The van der Waals surface area contributed by atoms with E-state index in [-0.39, 0.29) is 18.3 Å². The van der Waals surface area contributed by atoms with Crippen molar-refractivity contribution in [2.75, 3.05) is 6.54 Å². The second-order valence-electron chi connectivity index (χ2n) is 3.34. The van der Waals surface area contributed by atoms with Crippen molar-refractivity contribution in [3.8, 4) is 0 Å². The lowest BCUT2D eigenvalue weighted by Gasteiger charge is -2.12. The van der Waals surface area contributed by atoms with Crippen LogP contribution in [0.5, 0.6) is 0 Å². The molecule has 15 heavy (non-hydrogen) atoms. The average molecular weight is 208 g/mol. The summed E-state index contributed by atoms with van der Waals surface area (Å²) in [5, 5.41) is 2.17. The third-order valence-corrected chi connectivity index (χ3v) is 2.15. The highest BCUT2D eigenvalue weighted by Crippen LogP contribution is 2.08. The molecular formula is C10H9FN2O2. The van der Waals surface area contributed by atoms with Crippen LogP contribution in [0.3, 0.4) is 0 Å². The Hall–Kier alpha value is -1.91. The molecule has 0 aromatic heterocycles. The maximum atomic E-state index is 12.6. The molecule has 0 spiro atoms. The Labute approximate surface area is 85.7 Å². The standard InChI is InChI=1S/C10H9FN2O2/c11-8-3-1-7(2-4-8)5-13-6-9(14)12-10(13)15/h1-4H,5-6H2,(H,12,14,15). The number of benzene rings is 1. The van der Waals surface area contributed by atoms with Crippen LogP contribution in [0.2, 0.25) is 0 Å². The summed E-state index contributed by atoms with van der Waals surface area (Å²) in [6.45, 7) is 0.383. The van der Waals surface area contributed by atoms with Crippen LogP contribution in [-0.2, 0) is 11.3 Å². The Morgan fingerprint density at radius 1 is 1.27 bits per heavy atom. The topological polar surface area (TPSA) is 49.4 Å². The van der Waals surface area contributed by atoms with Crippen LogP contribution in [0.4, 0.5) is 9.18 Å². The smallest absolute Gasteiger partial charge is 0.311 e. The predicted octanol–water partition coefficient (Wildman–Crippen LogP) is 0.878. The lowest BCUT2D eigenvalue weighted by Crippen LogP contribution is -2.27. The highest BCUT2D eigenvalue weighted by molar-refractivity contribution is 6.01. The van der Waals surface area contributed by atoms with Crippen LogP contribution in [0.1, 0.15) is 5.56 Å². The molecule has 1 saturated heterocycles. The van der Waals surface area contributed by atoms with Crippen molar-refractivity contribution in [3.05, 3.63) is 35.6 Å². The molecule has 4 nitrogen and oxygen atoms in total. The fraction of sp³-hybridized carbons (Fsp3) is 0.200. The van der Waals surface area contributed by atoms with Gasteiger partial charge in [-0.2, -0.15) is 0 Å². The summed E-state index contributed by atoms with van der Waals surface area (Å²) in [7, 11) is 0. The molecule has 1 aromatic rings. The van der Waals surface area contributed by atoms with Gasteiger partial charge in [0.2, 0.25) is 5.91 Å². The van der Waals surface area contributed by atoms with Gasteiger partial charge in [0, 0.05) is 6.54 Å². The van der Waals surface area contributed by atoms with Crippen LogP contribution >= 0.6 is 0 Å². The molecule has 0 bridgehead atoms. The van der Waals surface area contributed by atoms with Gasteiger partial charge in [0.05, 0.1) is 0 Å². The molecule has 1 N–H and O–H groups in total. The van der Waals surface area contributed by atoms with E-state index < -0.39 is 6.03 Å². The number of amides is 3. The molecule has 78 valence electrons. The van der Waals surface area contributed by atoms with Crippen molar-refractivity contribution in [3.63, 3.8) is 0 Å². The zero-order valence-electron chi connectivity index (χ0n) is 7.87. The minimum Gasteiger partial charge on any atom is -0.311 e. The summed E-state index contributed by atoms with van der Waals surface area (Å²) in [5.74, 6) is -0.622. The summed E-state index contributed by atoms with van der Waals surface area (Å²) in [4.78, 5) is 23.4. The molecule has 1 heterocycles. The number of carbonyl (C=O) groups is 2. The van der Waals surface area contributed by atoms with Gasteiger partial charge in [0.15, 0.2) is 0 Å². The molecule has 1 aromatic carbocycles. The zero-order chi connectivity index (χ0) is 10.8. The summed E-state index contributed by atoms with van der Waals surface area (Å²) in [5.41, 5.74) is 0.793. The fourth-order valence-electron chi connectivity index (χ4n) is 1.42. The summed E-state index contributed by atoms with van der Waals surface area (Å²) in [6, 6.07) is 5.43. The van der Waals surface area contributed by atoms with Crippen LogP contribution < -0.4 is 5.32 Å². The van der Waals surface area contributed by atoms with Crippen molar-refractivity contribution >= 4 is 11.9 Å². The normalized spacial score (nSPS) is 15.7. The molecule has 0 atom stereocenters. The van der Waals surface area contributed by atoms with Crippen molar-refractivity contribution in [1.82, 2.24) is 10.2 Å². The summed E-state index contributed by atoms with van der Waals surface area (Å²) < 4.78 is 12.6. The first-order chi connectivity index (χ1) is 7.15. The highest BCUT2D eigenvalue weighted by Gasteiger charge is 2.26. The van der Waals surface area contributed by atoms with Gasteiger partial charge in [-0.25, -0.2) is 9.18 Å². The second kappa shape index (κ2) is 3.68. The molecule has 0 radical (unpaired) electrons. The lowest BCUT2D eigenvalue weighted by molar-refractivity contribution is -0.118. The molecule has 1 aliphatic rings. The van der Waals surface area contributed by atoms with Gasteiger partial charge < -0.3 is 4.90 Å². The van der Waals surface area contributed by atoms with Crippen LogP contribution in [0, 0.1) is 5.82 Å². The maximum absolute atomic E-state index is 12.6. The van der Waals surface area contributed by atoms with E-state index >= 15 is 0 Å². The van der Waals surface area contributed by atoms with E-state index in [1.165, 1.54) is 17.0 Å². The van der Waals surface area contributed by atoms with E-state index in [2.05, 4.69) is 5.32 Å². The number of rotatable bonds is 2. The van der Waals surface area contributed by atoms with Crippen molar-refractivity contribution in [1.29, 1.82) is 0 Å². The van der Waals surface area contributed by atoms with E-state index in [1.54, 1.807) is 12.1 Å². The molecule has 0 saturated carbocycles. The Kier molecular flexibility index (Phi) is 2.37. The first-order valence-electron chi connectivity index (χ1n) is 4.48. The van der Waals surface area contributed by atoms with Gasteiger partial charge in [0.25, 0.3) is 0 Å². The Morgan fingerprint density at radius 3 is 2.47 bits per heavy atom. The van der Waals surface area contributed by atoms with Gasteiger partial charge in [0.1, 0.15) is 12.4 Å². The molecule has 0 unspecified atom stereocenters. The van der Waals surface area contributed by atoms with Crippen molar-refractivity contribution in [2.24, 2.45) is 0 Å². The SMILES string of the molecule is O=C1CN(Cc2ccc(F)cc2)C(=O)N1. The quantitative estimate of drug-likeness (QED) is 0.733. The monoisotopic (exact) mass is 208 g/mol. The average Bonchev–Trinajstić information content (AvgIpc) is 2.49. The molecule has 0 aliphatic carbocycles. The lowest BCUT2D eigenvalue weighted by atomic mass is 10.2. The minimum atomic E-state index is -0.399. The largest absolute Gasteiger partial charge is 0.324 e. The van der Waals surface area contributed by atoms with Gasteiger partial charge in [-0.15, -0.1) is 0 Å². The molecule has 1 aliphatic heterocycles. The van der Waals surface area contributed by atoms with Gasteiger partial charge in [-0.05, 0) is 17.7 Å². The number of hydrogen-bond acceptors (Lipinski definition) is 2. The molecule has 3 amide bonds. The van der Waals surface area contributed by atoms with Crippen molar-refractivity contribution < 1.29 is 14.0 Å². The number of nitrogens with zero attached hydrogens (tertiary/aromatic N) is 1. The number of halogens is 1. The summed E-state index contributed by atoms with van der Waals surface area (Å²) >= 11 is 0. The number of urea groups is 1. The Bertz CT molecular complexity index is 402. The van der Waals surface area contributed by atoms with Crippen LogP contribution in [-0.4, -0.2) is 23.4 Å². The van der Waals surface area contributed by atoms with E-state index in [1.807, 2.05) is 0 Å². The maximum Gasteiger partial charge on any atom is 0.324 e. The highest BCUT2D eigenvalue weighted by atomic mass is 19.1. The molecular weight excluding hydrogens is 199 g/mol. The number of carbonyl (C=O) groups excluding carboxylic acids is 2. The van der Waals surface area contributed by atoms with E-state index in [9.17, 15) is 14.0 Å². The predicted molar refractivity (Wildman–Crippen MR) is 50.3 cm³/mol. The van der Waals surface area contributed by atoms with E-state index in [4.69, 9.17) is 0 Å². The van der Waals surface area contributed by atoms with Gasteiger partial charge in [-0.1, -0.05) is 12.1 Å². The van der Waals surface area contributed by atoms with E-state index in [0.717, 1.165) is 5.56 Å². The first-order valence-corrected chi connectivity index (χ1v) is 4.48. The second-order valence-corrected chi connectivity index (χ2v) is 3.34. The Morgan fingerprint density at radius 2 is 1.93 bits per heavy atom. The number of hydrogen-bond donors (Lipinski definition) is 1. The molecule has 1 fully saturated rings. The third-order valence-electron chi connectivity index (χ3n) is 2.15. The van der Waals surface area contributed by atoms with Crippen LogP contribution in [0.15, 0.2) is 24.3 Å². The Balaban J connectivity index is 2.06. The number of nitrogens with one attached hydrogen (secondary N) is 1. The first kappa shape index (κ1) is 9.64. The van der Waals surface area contributed by atoms with Gasteiger partial charge >= 0.3 is 6.03 Å². The summed E-state index contributed by atoms with van der Waals surface area (Å²) in [6.07, 6.45) is 0. The molecule has 2 rings (SSSR count). The van der Waals surface area contributed by atoms with Crippen LogP contribution in [0.25, 0.3) is 0 Å².